The molecule has 0 spiro atoms. The second kappa shape index (κ2) is 7.62. The Labute approximate surface area is 163 Å². The molecule has 26 heavy (non-hydrogen) atoms. The van der Waals surface area contributed by atoms with Crippen LogP contribution in [0.5, 0.6) is 11.5 Å². The maximum Gasteiger partial charge on any atom is 0.881 e. The fraction of sp³-hybridized carbons (Fsp3) is 0.0455. The number of hydrogen-bond acceptors (Lipinski definition) is 3. The van der Waals surface area contributed by atoms with Crippen LogP contribution in [0.25, 0.3) is 22.0 Å². The van der Waals surface area contributed by atoms with Crippen molar-refractivity contribution in [2.24, 2.45) is 0 Å². The lowest BCUT2D eigenvalue weighted by molar-refractivity contribution is 0.461. The Kier molecular flexibility index (Phi) is 3.93. The first-order chi connectivity index (χ1) is 14.0. The Hall–Kier alpha value is -2.80. The van der Waals surface area contributed by atoms with E-state index in [4.69, 9.17) is 11.7 Å². The molecule has 1 radical (unpaired) electrons. The van der Waals surface area contributed by atoms with Crippen LogP contribution in [0.4, 0.5) is 0 Å². The lowest BCUT2D eigenvalue weighted by Crippen LogP contribution is -2.11. The second-order valence-corrected chi connectivity index (χ2v) is 6.41. The van der Waals surface area contributed by atoms with Gasteiger partial charge in [-0.1, -0.05) is 60.7 Å². The first-order valence-corrected chi connectivity index (χ1v) is 9.16. The van der Waals surface area contributed by atoms with Crippen molar-refractivity contribution in [2.45, 2.75) is 6.85 Å². The molecule has 0 bridgehead atoms. The van der Waals surface area contributed by atoms with Crippen molar-refractivity contribution in [3.05, 3.63) is 90.6 Å². The van der Waals surface area contributed by atoms with Gasteiger partial charge in [-0.3, -0.25) is 0 Å². The molecule has 4 heteroatoms. The van der Waals surface area contributed by atoms with Gasteiger partial charge in [0.25, 0.3) is 0 Å². The Balaban J connectivity index is 1.46. The van der Waals surface area contributed by atoms with E-state index in [9.17, 15) is 0 Å². The van der Waals surface area contributed by atoms with E-state index >= 15 is 0 Å². The molecule has 0 saturated heterocycles. The van der Waals surface area contributed by atoms with Crippen LogP contribution in [0, 0.1) is 6.85 Å². The molecule has 0 saturated carbocycles. The lowest BCUT2D eigenvalue weighted by atomic mass is 10.1. The summed E-state index contributed by atoms with van der Waals surface area (Å²) in [6.45, 7) is -2.26. The number of pyridine rings is 1. The second-order valence-electron chi connectivity index (χ2n) is 5.75. The van der Waals surface area contributed by atoms with Crippen LogP contribution in [0.1, 0.15) is 9.81 Å². The summed E-state index contributed by atoms with van der Waals surface area (Å²) in [5, 5.41) is 0.821. The summed E-state index contributed by atoms with van der Waals surface area (Å²) < 4.78 is 34.3. The lowest BCUT2D eigenvalue weighted by Gasteiger charge is -2.11. The van der Waals surface area contributed by atoms with Crippen molar-refractivity contribution in [1.29, 1.82) is 0 Å². The maximum absolute atomic E-state index is 7.56. The highest BCUT2D eigenvalue weighted by atomic mass is 27.2. The molecule has 0 aliphatic rings. The third-order valence-electron chi connectivity index (χ3n) is 4.00. The molecule has 125 valence electrons. The van der Waals surface area contributed by atoms with Gasteiger partial charge in [-0.05, 0) is 42.2 Å². The molecule has 4 aromatic rings. The fourth-order valence-electron chi connectivity index (χ4n) is 2.70. The summed E-state index contributed by atoms with van der Waals surface area (Å²) in [6, 6.07) is 26.7. The van der Waals surface area contributed by atoms with Crippen molar-refractivity contribution in [1.82, 2.24) is 4.98 Å². The normalized spacial score (nSPS) is 12.7. The van der Waals surface area contributed by atoms with Crippen molar-refractivity contribution in [3.63, 3.8) is 0 Å². The van der Waals surface area contributed by atoms with Gasteiger partial charge >= 0.3 is 15.9 Å². The van der Waals surface area contributed by atoms with Crippen molar-refractivity contribution < 1.29 is 11.7 Å². The van der Waals surface area contributed by atoms with E-state index < -0.39 is 22.7 Å². The number of rotatable bonds is 5. The molecule has 3 aromatic carbocycles. The minimum Gasteiger partial charge on any atom is -0.616 e. The highest BCUT2D eigenvalue weighted by molar-refractivity contribution is 6.21. The van der Waals surface area contributed by atoms with Crippen LogP contribution in [0.2, 0.25) is 0 Å². The number of para-hydroxylation sites is 1. The first kappa shape index (κ1) is 13.4. The van der Waals surface area contributed by atoms with Gasteiger partial charge < -0.3 is 7.58 Å². The van der Waals surface area contributed by atoms with Gasteiger partial charge in [0, 0.05) is 15.2 Å². The molecule has 0 atom stereocenters. The van der Waals surface area contributed by atoms with Crippen LogP contribution in [-0.4, -0.2) is 20.9 Å². The number of fused-ring (bicyclic) bond motifs is 1. The third-order valence-corrected chi connectivity index (χ3v) is 4.72. The summed E-state index contributed by atoms with van der Waals surface area (Å²) >= 11 is -0.830. The molecule has 0 aliphatic heterocycles. The Morgan fingerprint density at radius 2 is 1.58 bits per heavy atom. The first-order valence-electron chi connectivity index (χ1n) is 9.71. The van der Waals surface area contributed by atoms with Crippen LogP contribution < -0.4 is 7.58 Å². The maximum atomic E-state index is 7.56. The van der Waals surface area contributed by atoms with Crippen molar-refractivity contribution in [3.8, 4) is 22.6 Å². The number of nitrogens with zero attached hydrogens (tertiary/aromatic N) is 1. The average Bonchev–Trinajstić information content (AvgIpc) is 2.74. The molecule has 1 aromatic heterocycles. The highest BCUT2D eigenvalue weighted by Crippen LogP contribution is 2.25. The molecule has 0 aliphatic carbocycles. The average molecular weight is 357 g/mol. The van der Waals surface area contributed by atoms with Crippen LogP contribution in [-0.2, 0) is 0 Å². The van der Waals surface area contributed by atoms with Gasteiger partial charge in [0.2, 0.25) is 0 Å². The van der Waals surface area contributed by atoms with E-state index in [2.05, 4.69) is 17.1 Å². The molecular formula is C22H17AlNO2. The molecule has 4 rings (SSSR count). The van der Waals surface area contributed by atoms with Gasteiger partial charge in [-0.2, -0.15) is 0 Å². The minimum atomic E-state index is -2.26. The third kappa shape index (κ3) is 3.72. The molecule has 3 nitrogen and oxygen atoms in total. The van der Waals surface area contributed by atoms with Gasteiger partial charge in [0.15, 0.2) is 0 Å². The highest BCUT2D eigenvalue weighted by Gasteiger charge is 2.10. The summed E-state index contributed by atoms with van der Waals surface area (Å²) in [7, 11) is 0. The summed E-state index contributed by atoms with van der Waals surface area (Å²) in [5.74, 6) is 1.24. The van der Waals surface area contributed by atoms with Gasteiger partial charge in [-0.15, -0.1) is 0 Å². The smallest absolute Gasteiger partial charge is 0.616 e. The van der Waals surface area contributed by atoms with Gasteiger partial charge in [0.05, 0.1) is 5.75 Å². The Bertz CT molecular complexity index is 1120. The van der Waals surface area contributed by atoms with E-state index in [-0.39, 0.29) is 5.69 Å². The number of aryl methyl sites for hydroxylation is 1. The topological polar surface area (TPSA) is 31.4 Å². The van der Waals surface area contributed by atoms with Gasteiger partial charge in [0.1, 0.15) is 11.3 Å². The zero-order chi connectivity index (χ0) is 20.3. The molecule has 1 heterocycles. The predicted octanol–water partition coefficient (Wildman–Crippen LogP) is 5.20. The number of aromatic nitrogens is 1. The Morgan fingerprint density at radius 3 is 2.38 bits per heavy atom. The SMILES string of the molecule is [2H]C([2H])([2H])c1ccc2cccc([O][Al][O]c3ccc(-c4ccccc4)cc3)c2n1. The van der Waals surface area contributed by atoms with Crippen LogP contribution >= 0.6 is 0 Å². The Morgan fingerprint density at radius 1 is 0.769 bits per heavy atom. The zero-order valence-corrected chi connectivity index (χ0v) is 15.1. The minimum absolute atomic E-state index is 0.0495. The summed E-state index contributed by atoms with van der Waals surface area (Å²) in [5.41, 5.74) is 2.84. The van der Waals surface area contributed by atoms with E-state index in [1.807, 2.05) is 54.6 Å². The fourth-order valence-corrected chi connectivity index (χ4v) is 3.31. The molecule has 0 fully saturated rings. The quantitative estimate of drug-likeness (QED) is 0.460. The molecule has 0 N–H and O–H groups in total. The largest absolute Gasteiger partial charge is 0.881 e. The summed E-state index contributed by atoms with van der Waals surface area (Å²) in [4.78, 5) is 4.29. The monoisotopic (exact) mass is 357 g/mol. The zero-order valence-electron chi connectivity index (χ0n) is 16.9. The van der Waals surface area contributed by atoms with E-state index in [0.29, 0.717) is 11.3 Å². The number of hydrogen-bond donors (Lipinski definition) is 0. The number of benzene rings is 3. The van der Waals surface area contributed by atoms with E-state index in [0.717, 1.165) is 22.3 Å². The van der Waals surface area contributed by atoms with Crippen LogP contribution in [0.3, 0.4) is 0 Å². The molecule has 0 unspecified atom stereocenters. The van der Waals surface area contributed by atoms with E-state index in [1.165, 1.54) is 6.07 Å². The van der Waals surface area contributed by atoms with Crippen LogP contribution in [0.15, 0.2) is 84.9 Å². The van der Waals surface area contributed by atoms with Crippen molar-refractivity contribution in [2.75, 3.05) is 0 Å². The summed E-state index contributed by atoms with van der Waals surface area (Å²) in [6.07, 6.45) is 0. The predicted molar refractivity (Wildman–Crippen MR) is 105 cm³/mol. The van der Waals surface area contributed by atoms with E-state index in [1.54, 1.807) is 12.1 Å². The molecular weight excluding hydrogens is 337 g/mol. The molecule has 0 amide bonds. The van der Waals surface area contributed by atoms with Crippen molar-refractivity contribution >= 4 is 26.8 Å². The standard InChI is InChI=1S/C12H10O.C10H9NO.Al/c13-12-8-6-11(7-9-12)10-4-2-1-3-5-10;1-7-5-6-8-3-2-4-9(12)10(8)11-7;/h1-9,13H;2-6,12H,1H3;/q;;+2/p-2/i;1D3;. The van der Waals surface area contributed by atoms with Gasteiger partial charge in [-0.25, -0.2) is 4.98 Å².